The first-order valence-electron chi connectivity index (χ1n) is 15.7. The number of para-hydroxylation sites is 1. The molecule has 0 aliphatic carbocycles. The van der Waals surface area contributed by atoms with Crippen molar-refractivity contribution >= 4 is 32.8 Å². The van der Waals surface area contributed by atoms with Crippen molar-refractivity contribution in [3.8, 4) is 56.3 Å². The van der Waals surface area contributed by atoms with Crippen molar-refractivity contribution in [3.63, 3.8) is 0 Å². The van der Waals surface area contributed by atoms with Crippen LogP contribution in [-0.2, 0) is 0 Å². The fraction of sp³-hybridized carbons (Fsp3) is 0. The molecule has 0 atom stereocenters. The third-order valence-corrected chi connectivity index (χ3v) is 8.69. The van der Waals surface area contributed by atoms with Gasteiger partial charge in [-0.05, 0) is 35.4 Å². The van der Waals surface area contributed by atoms with Crippen molar-refractivity contribution in [2.24, 2.45) is 0 Å². The van der Waals surface area contributed by atoms with E-state index < -0.39 is 0 Å². The molecule has 9 rings (SSSR count). The minimum atomic E-state index is 0.678. The molecule has 0 N–H and O–H groups in total. The van der Waals surface area contributed by atoms with Crippen molar-refractivity contribution in [2.45, 2.75) is 0 Å². The van der Waals surface area contributed by atoms with Gasteiger partial charge in [-0.2, -0.15) is 0 Å². The minimum Gasteiger partial charge on any atom is -0.455 e. The van der Waals surface area contributed by atoms with E-state index in [1.807, 2.05) is 60.7 Å². The third kappa shape index (κ3) is 4.84. The lowest BCUT2D eigenvalue weighted by molar-refractivity contribution is 0.672. The molecule has 6 aromatic carbocycles. The van der Waals surface area contributed by atoms with E-state index in [-0.39, 0.29) is 0 Å². The lowest BCUT2D eigenvalue weighted by Crippen LogP contribution is -1.96. The van der Waals surface area contributed by atoms with Gasteiger partial charge >= 0.3 is 0 Å². The zero-order chi connectivity index (χ0) is 31.2. The maximum Gasteiger partial charge on any atom is 0.160 e. The van der Waals surface area contributed by atoms with Gasteiger partial charge in [0, 0.05) is 33.0 Å². The van der Waals surface area contributed by atoms with Crippen LogP contribution in [0.4, 0.5) is 0 Å². The molecule has 47 heavy (non-hydrogen) atoms. The van der Waals surface area contributed by atoms with Crippen molar-refractivity contribution < 1.29 is 4.42 Å². The second-order valence-electron chi connectivity index (χ2n) is 11.6. The minimum absolute atomic E-state index is 0.678. The lowest BCUT2D eigenvalue weighted by Gasteiger charge is -2.11. The van der Waals surface area contributed by atoms with Crippen LogP contribution in [0, 0.1) is 0 Å². The number of furan rings is 1. The monoisotopic (exact) mass is 601 g/mol. The van der Waals surface area contributed by atoms with Crippen molar-refractivity contribution in [2.75, 3.05) is 0 Å². The maximum absolute atomic E-state index is 6.58. The number of hydrogen-bond donors (Lipinski definition) is 0. The normalized spacial score (nSPS) is 11.4. The van der Waals surface area contributed by atoms with Gasteiger partial charge in [0.25, 0.3) is 0 Å². The molecule has 4 heteroatoms. The molecule has 0 aliphatic heterocycles. The van der Waals surface area contributed by atoms with Gasteiger partial charge < -0.3 is 4.42 Å². The molecular formula is C43H27N3O. The van der Waals surface area contributed by atoms with Crippen LogP contribution in [0.3, 0.4) is 0 Å². The smallest absolute Gasteiger partial charge is 0.160 e. The Morgan fingerprint density at radius 1 is 0.383 bits per heavy atom. The Morgan fingerprint density at radius 2 is 0.936 bits per heavy atom. The van der Waals surface area contributed by atoms with Crippen molar-refractivity contribution in [1.29, 1.82) is 0 Å². The third-order valence-electron chi connectivity index (χ3n) is 8.69. The van der Waals surface area contributed by atoms with Crippen LogP contribution < -0.4 is 0 Å². The Kier molecular flexibility index (Phi) is 6.43. The molecule has 0 fully saturated rings. The summed E-state index contributed by atoms with van der Waals surface area (Å²) in [7, 11) is 0. The molecule has 0 amide bonds. The number of hydrogen-bond acceptors (Lipinski definition) is 4. The molecule has 0 bridgehead atoms. The second-order valence-corrected chi connectivity index (χ2v) is 11.6. The highest BCUT2D eigenvalue weighted by atomic mass is 16.3. The lowest BCUT2D eigenvalue weighted by atomic mass is 9.99. The van der Waals surface area contributed by atoms with Gasteiger partial charge in [0.15, 0.2) is 5.82 Å². The van der Waals surface area contributed by atoms with Gasteiger partial charge in [-0.1, -0.05) is 140 Å². The summed E-state index contributed by atoms with van der Waals surface area (Å²) in [5.74, 6) is 0.678. The van der Waals surface area contributed by atoms with Crippen molar-refractivity contribution in [3.05, 3.63) is 164 Å². The first kappa shape index (κ1) is 27.0. The number of rotatable bonds is 5. The van der Waals surface area contributed by atoms with Gasteiger partial charge in [-0.25, -0.2) is 15.0 Å². The highest BCUT2D eigenvalue weighted by Gasteiger charge is 2.19. The van der Waals surface area contributed by atoms with Gasteiger partial charge in [0.1, 0.15) is 11.2 Å². The summed E-state index contributed by atoms with van der Waals surface area (Å²) >= 11 is 0. The Morgan fingerprint density at radius 3 is 1.66 bits per heavy atom. The molecule has 0 unspecified atom stereocenters. The van der Waals surface area contributed by atoms with Gasteiger partial charge in [0.05, 0.1) is 28.0 Å². The molecule has 0 radical (unpaired) electrons. The zero-order valence-electron chi connectivity index (χ0n) is 25.3. The van der Waals surface area contributed by atoms with E-state index in [9.17, 15) is 0 Å². The second kappa shape index (κ2) is 11.2. The van der Waals surface area contributed by atoms with Crippen LogP contribution in [0.15, 0.2) is 168 Å². The van der Waals surface area contributed by atoms with Crippen molar-refractivity contribution in [1.82, 2.24) is 15.0 Å². The summed E-state index contributed by atoms with van der Waals surface area (Å²) in [5.41, 5.74) is 11.5. The SMILES string of the molecule is c1ccc(-c2ccc(-c3cc(-c4ccc5nc(-c6ccccc6)c6c7ccccc7oc6c5c4)nc(-c4ccccc4)n3)cc2)cc1. The predicted octanol–water partition coefficient (Wildman–Crippen LogP) is 11.3. The maximum atomic E-state index is 6.58. The average Bonchev–Trinajstić information content (AvgIpc) is 3.55. The standard InChI is InChI=1S/C43H27N3O/c1-4-12-28(13-5-1)29-20-22-30(23-21-29)37-27-38(46-43(45-37)32-16-8-3-9-17-32)33-24-25-36-35(26-33)42-40(34-18-10-11-19-39(34)47-42)41(44-36)31-14-6-2-7-15-31/h1-27H. The largest absolute Gasteiger partial charge is 0.455 e. The number of benzene rings is 6. The number of nitrogens with zero attached hydrogens (tertiary/aromatic N) is 3. The Balaban J connectivity index is 1.23. The Bertz CT molecular complexity index is 2540. The highest BCUT2D eigenvalue weighted by molar-refractivity contribution is 6.19. The quantitative estimate of drug-likeness (QED) is 0.197. The number of fused-ring (bicyclic) bond motifs is 5. The summed E-state index contributed by atoms with van der Waals surface area (Å²) in [4.78, 5) is 15.3. The van der Waals surface area contributed by atoms with Crippen LogP contribution in [0.5, 0.6) is 0 Å². The van der Waals surface area contributed by atoms with E-state index in [1.54, 1.807) is 0 Å². The zero-order valence-corrected chi connectivity index (χ0v) is 25.3. The Labute approximate surface area is 271 Å². The average molecular weight is 602 g/mol. The molecule has 9 aromatic rings. The fourth-order valence-electron chi connectivity index (χ4n) is 6.35. The fourth-order valence-corrected chi connectivity index (χ4v) is 6.35. The number of aromatic nitrogens is 3. The van der Waals surface area contributed by atoms with E-state index in [0.717, 1.165) is 72.2 Å². The van der Waals surface area contributed by atoms with E-state index >= 15 is 0 Å². The van der Waals surface area contributed by atoms with E-state index in [0.29, 0.717) is 5.82 Å². The molecule has 0 spiro atoms. The van der Waals surface area contributed by atoms with Crippen LogP contribution in [0.2, 0.25) is 0 Å². The van der Waals surface area contributed by atoms with Gasteiger partial charge in [-0.3, -0.25) is 0 Å². The molecule has 3 heterocycles. The molecule has 0 saturated heterocycles. The van der Waals surface area contributed by atoms with Crippen LogP contribution in [0.25, 0.3) is 89.1 Å². The molecule has 0 saturated carbocycles. The van der Waals surface area contributed by atoms with Crippen LogP contribution in [0.1, 0.15) is 0 Å². The van der Waals surface area contributed by atoms with E-state index in [4.69, 9.17) is 19.4 Å². The summed E-state index contributed by atoms with van der Waals surface area (Å²) in [6, 6.07) is 56.0. The molecule has 3 aromatic heterocycles. The molecule has 4 nitrogen and oxygen atoms in total. The molecule has 0 aliphatic rings. The number of pyridine rings is 1. The summed E-state index contributed by atoms with van der Waals surface area (Å²) < 4.78 is 6.58. The summed E-state index contributed by atoms with van der Waals surface area (Å²) in [6.07, 6.45) is 0. The van der Waals surface area contributed by atoms with Gasteiger partial charge in [-0.15, -0.1) is 0 Å². The van der Waals surface area contributed by atoms with E-state index in [1.165, 1.54) is 11.1 Å². The first-order chi connectivity index (χ1) is 23.3. The van der Waals surface area contributed by atoms with Gasteiger partial charge in [0.2, 0.25) is 0 Å². The highest BCUT2D eigenvalue weighted by Crippen LogP contribution is 2.40. The van der Waals surface area contributed by atoms with E-state index in [2.05, 4.69) is 103 Å². The predicted molar refractivity (Wildman–Crippen MR) is 192 cm³/mol. The van der Waals surface area contributed by atoms with Crippen LogP contribution in [-0.4, -0.2) is 15.0 Å². The molecular weight excluding hydrogens is 574 g/mol. The summed E-state index contributed by atoms with van der Waals surface area (Å²) in [6.45, 7) is 0. The van der Waals surface area contributed by atoms with Crippen LogP contribution >= 0.6 is 0 Å². The molecule has 220 valence electrons. The summed E-state index contributed by atoms with van der Waals surface area (Å²) in [5, 5.41) is 3.01. The first-order valence-corrected chi connectivity index (χ1v) is 15.7. The topological polar surface area (TPSA) is 51.8 Å². The Hall–Kier alpha value is -6.39.